The van der Waals surface area contributed by atoms with Gasteiger partial charge in [-0.25, -0.2) is 9.97 Å². The number of aromatic nitrogens is 2. The lowest BCUT2D eigenvalue weighted by atomic mass is 9.82. The second-order valence-electron chi connectivity index (χ2n) is 6.39. The Balaban J connectivity index is 1.91. The lowest BCUT2D eigenvalue weighted by Crippen LogP contribution is -2.23. The maximum atomic E-state index is 13.8. The molecule has 10 heteroatoms. The van der Waals surface area contributed by atoms with Crippen LogP contribution >= 0.6 is 23.1 Å². The summed E-state index contributed by atoms with van der Waals surface area (Å²) >= 11 is 2.08. The summed E-state index contributed by atoms with van der Waals surface area (Å²) in [7, 11) is 0. The van der Waals surface area contributed by atoms with E-state index in [0.717, 1.165) is 24.6 Å². The van der Waals surface area contributed by atoms with E-state index in [-0.39, 0.29) is 28.7 Å². The molecule has 2 aromatic heterocycles. The zero-order valence-corrected chi connectivity index (χ0v) is 16.6. The maximum Gasteiger partial charge on any atom is 0.418 e. The third-order valence-electron chi connectivity index (χ3n) is 4.62. The molecule has 28 heavy (non-hydrogen) atoms. The van der Waals surface area contributed by atoms with Crippen LogP contribution < -0.4 is 5.32 Å². The van der Waals surface area contributed by atoms with E-state index in [1.807, 2.05) is 6.92 Å². The van der Waals surface area contributed by atoms with Crippen LogP contribution in [0.2, 0.25) is 0 Å². The van der Waals surface area contributed by atoms with Crippen molar-refractivity contribution in [3.05, 3.63) is 34.0 Å². The number of alkyl halides is 3. The first-order valence-corrected chi connectivity index (χ1v) is 10.5. The summed E-state index contributed by atoms with van der Waals surface area (Å²) in [5.74, 6) is -0.415. The second-order valence-corrected chi connectivity index (χ2v) is 8.25. The summed E-state index contributed by atoms with van der Waals surface area (Å²) in [6.07, 6.45) is -0.836. The van der Waals surface area contributed by atoms with Gasteiger partial charge in [0.25, 0.3) is 0 Å². The molecule has 0 saturated carbocycles. The minimum absolute atomic E-state index is 0.0437. The predicted octanol–water partition coefficient (Wildman–Crippen LogP) is 4.67. The highest BCUT2D eigenvalue weighted by atomic mass is 32.2. The molecule has 1 N–H and O–H groups in total. The summed E-state index contributed by atoms with van der Waals surface area (Å²) in [6, 6.07) is 1.68. The van der Waals surface area contributed by atoms with E-state index >= 15 is 0 Å². The number of nitriles is 1. The average molecular weight is 426 g/mol. The van der Waals surface area contributed by atoms with E-state index in [1.54, 1.807) is 11.4 Å². The third-order valence-corrected chi connectivity index (χ3v) is 6.29. The minimum atomic E-state index is -4.65. The fourth-order valence-corrected chi connectivity index (χ4v) is 4.60. The number of nitrogens with one attached hydrogen (secondary N) is 1. The van der Waals surface area contributed by atoms with E-state index in [2.05, 4.69) is 15.3 Å². The van der Waals surface area contributed by atoms with E-state index < -0.39 is 23.2 Å². The first kappa shape index (κ1) is 20.6. The van der Waals surface area contributed by atoms with Gasteiger partial charge < -0.3 is 5.32 Å². The lowest BCUT2D eigenvalue weighted by molar-refractivity contribution is -0.138. The standard InChI is InChI=1S/C18H17F3N4OS2/c1-2-10-3-4-13-11(7-10)15(18(19,20)21)12(8-22)16(24-13)28-9-14(26)25-17-23-5-6-27-17/h5-6,10H,2-4,7,9H2,1H3,(H,23,25,26)/t10-/m1/s1. The van der Waals surface area contributed by atoms with Gasteiger partial charge in [0, 0.05) is 17.3 Å². The van der Waals surface area contributed by atoms with Crippen molar-refractivity contribution in [3.8, 4) is 6.07 Å². The van der Waals surface area contributed by atoms with Crippen LogP contribution in [0.1, 0.15) is 42.1 Å². The molecule has 2 heterocycles. The SMILES string of the molecule is CC[C@@H]1CCc2nc(SCC(=O)Nc3nccs3)c(C#N)c(C(F)(F)F)c2C1. The van der Waals surface area contributed by atoms with Gasteiger partial charge in [0.05, 0.1) is 16.9 Å². The second kappa shape index (κ2) is 8.49. The van der Waals surface area contributed by atoms with Crippen molar-refractivity contribution >= 4 is 34.1 Å². The molecule has 1 amide bonds. The summed E-state index contributed by atoms with van der Waals surface area (Å²) in [5.41, 5.74) is -0.853. The number of carbonyl (C=O) groups is 1. The smallest absolute Gasteiger partial charge is 0.301 e. The molecule has 0 radical (unpaired) electrons. The van der Waals surface area contributed by atoms with Crippen molar-refractivity contribution in [2.45, 2.75) is 43.8 Å². The molecule has 1 aliphatic carbocycles. The highest BCUT2D eigenvalue weighted by Crippen LogP contribution is 2.42. The summed E-state index contributed by atoms with van der Waals surface area (Å²) in [5, 5.41) is 14.1. The molecule has 0 bridgehead atoms. The van der Waals surface area contributed by atoms with E-state index in [0.29, 0.717) is 17.2 Å². The van der Waals surface area contributed by atoms with Crippen LogP contribution in [0.15, 0.2) is 16.6 Å². The van der Waals surface area contributed by atoms with Crippen molar-refractivity contribution in [3.63, 3.8) is 0 Å². The molecule has 0 saturated heterocycles. The number of fused-ring (bicyclic) bond motifs is 1. The van der Waals surface area contributed by atoms with Crippen LogP contribution in [-0.2, 0) is 23.8 Å². The highest BCUT2D eigenvalue weighted by Gasteiger charge is 2.40. The molecular formula is C18H17F3N4OS2. The number of thioether (sulfide) groups is 1. The molecule has 5 nitrogen and oxygen atoms in total. The Morgan fingerprint density at radius 3 is 2.89 bits per heavy atom. The molecule has 148 valence electrons. The Kier molecular flexibility index (Phi) is 6.25. The fourth-order valence-electron chi connectivity index (χ4n) is 3.25. The number of thiazole rings is 1. The zero-order valence-electron chi connectivity index (χ0n) is 15.0. The molecule has 0 fully saturated rings. The van der Waals surface area contributed by atoms with Gasteiger partial charge in [0.1, 0.15) is 11.1 Å². The van der Waals surface area contributed by atoms with Crippen molar-refractivity contribution in [2.24, 2.45) is 5.92 Å². The van der Waals surface area contributed by atoms with Gasteiger partial charge in [0.15, 0.2) is 5.13 Å². The van der Waals surface area contributed by atoms with Gasteiger partial charge >= 0.3 is 6.18 Å². The number of anilines is 1. The zero-order chi connectivity index (χ0) is 20.3. The van der Waals surface area contributed by atoms with Crippen LogP contribution in [0.25, 0.3) is 0 Å². The average Bonchev–Trinajstić information content (AvgIpc) is 3.16. The number of halogens is 3. The topological polar surface area (TPSA) is 78.7 Å². The van der Waals surface area contributed by atoms with Crippen LogP contribution in [0.4, 0.5) is 18.3 Å². The van der Waals surface area contributed by atoms with E-state index in [4.69, 9.17) is 0 Å². The number of aryl methyl sites for hydroxylation is 1. The van der Waals surface area contributed by atoms with Crippen molar-refractivity contribution < 1.29 is 18.0 Å². The van der Waals surface area contributed by atoms with Crippen LogP contribution in [0, 0.1) is 17.2 Å². The number of nitrogens with zero attached hydrogens (tertiary/aromatic N) is 3. The number of carbonyl (C=O) groups excluding carboxylic acids is 1. The number of hydrogen-bond donors (Lipinski definition) is 1. The molecule has 0 aromatic carbocycles. The Bertz CT molecular complexity index is 907. The first-order chi connectivity index (χ1) is 13.3. The normalized spacial score (nSPS) is 16.3. The van der Waals surface area contributed by atoms with Crippen LogP contribution in [-0.4, -0.2) is 21.6 Å². The molecular weight excluding hydrogens is 409 g/mol. The molecule has 1 aliphatic rings. The monoisotopic (exact) mass is 426 g/mol. The first-order valence-electron chi connectivity index (χ1n) is 8.68. The maximum absolute atomic E-state index is 13.8. The van der Waals surface area contributed by atoms with Crippen LogP contribution in [0.3, 0.4) is 0 Å². The fraction of sp³-hybridized carbons (Fsp3) is 0.444. The number of rotatable bonds is 5. The number of pyridine rings is 1. The Hall–Kier alpha value is -2.12. The van der Waals surface area contributed by atoms with Crippen molar-refractivity contribution in [1.82, 2.24) is 9.97 Å². The quantitative estimate of drug-likeness (QED) is 0.703. The third kappa shape index (κ3) is 4.47. The number of amides is 1. The molecule has 2 aromatic rings. The van der Waals surface area contributed by atoms with Gasteiger partial charge in [-0.05, 0) is 30.7 Å². The summed E-state index contributed by atoms with van der Waals surface area (Å²) in [6.45, 7) is 1.95. The molecule has 0 aliphatic heterocycles. The van der Waals surface area contributed by atoms with Gasteiger partial charge in [-0.1, -0.05) is 25.1 Å². The molecule has 0 spiro atoms. The number of hydrogen-bond acceptors (Lipinski definition) is 6. The predicted molar refractivity (Wildman–Crippen MR) is 101 cm³/mol. The summed E-state index contributed by atoms with van der Waals surface area (Å²) < 4.78 is 41.4. The Morgan fingerprint density at radius 1 is 1.50 bits per heavy atom. The highest BCUT2D eigenvalue weighted by molar-refractivity contribution is 8.00. The van der Waals surface area contributed by atoms with E-state index in [1.165, 1.54) is 17.5 Å². The molecule has 3 rings (SSSR count). The van der Waals surface area contributed by atoms with Gasteiger partial charge in [-0.2, -0.15) is 18.4 Å². The molecule has 1 atom stereocenters. The van der Waals surface area contributed by atoms with E-state index in [9.17, 15) is 23.2 Å². The summed E-state index contributed by atoms with van der Waals surface area (Å²) in [4.78, 5) is 20.3. The van der Waals surface area contributed by atoms with Crippen molar-refractivity contribution in [2.75, 3.05) is 11.1 Å². The minimum Gasteiger partial charge on any atom is -0.301 e. The van der Waals surface area contributed by atoms with Gasteiger partial charge in [-0.15, -0.1) is 11.3 Å². The van der Waals surface area contributed by atoms with Gasteiger partial charge in [0.2, 0.25) is 5.91 Å². The molecule has 0 unspecified atom stereocenters. The van der Waals surface area contributed by atoms with Crippen LogP contribution in [0.5, 0.6) is 0 Å². The Morgan fingerprint density at radius 2 is 2.29 bits per heavy atom. The largest absolute Gasteiger partial charge is 0.418 e. The Labute approximate surface area is 168 Å². The van der Waals surface area contributed by atoms with Crippen molar-refractivity contribution in [1.29, 1.82) is 5.26 Å². The van der Waals surface area contributed by atoms with Gasteiger partial charge in [-0.3, -0.25) is 4.79 Å². The lowest BCUT2D eigenvalue weighted by Gasteiger charge is -2.27.